The van der Waals surface area contributed by atoms with Crippen molar-refractivity contribution in [3.8, 4) is 5.75 Å². The van der Waals surface area contributed by atoms with Crippen LogP contribution in [0.15, 0.2) is 51.6 Å². The molecule has 0 N–H and O–H groups in total. The molecule has 0 spiro atoms. The highest BCUT2D eigenvalue weighted by molar-refractivity contribution is 8.16. The van der Waals surface area contributed by atoms with Gasteiger partial charge in [-0.3, -0.25) is 4.79 Å². The number of hydrogen-bond donors (Lipinski definition) is 0. The topological polar surface area (TPSA) is 71.4 Å². The maximum Gasteiger partial charge on any atom is 0.338 e. The number of esters is 1. The van der Waals surface area contributed by atoms with Crippen LogP contribution in [0.3, 0.4) is 0 Å². The van der Waals surface area contributed by atoms with Crippen molar-refractivity contribution >= 4 is 28.8 Å². The Morgan fingerprint density at radius 1 is 1.22 bits per heavy atom. The quantitative estimate of drug-likeness (QED) is 0.623. The number of benzene rings is 1. The fourth-order valence-electron chi connectivity index (χ4n) is 4.39. The molecule has 32 heavy (non-hydrogen) atoms. The predicted octanol–water partition coefficient (Wildman–Crippen LogP) is 4.09. The third kappa shape index (κ3) is 4.28. The molecule has 8 heteroatoms. The van der Waals surface area contributed by atoms with E-state index in [0.717, 1.165) is 42.4 Å². The van der Waals surface area contributed by atoms with Gasteiger partial charge < -0.3 is 19.3 Å². The molecule has 1 fully saturated rings. The number of hydrogen-bond acceptors (Lipinski definition) is 7. The first-order chi connectivity index (χ1) is 15.4. The molecule has 4 rings (SSSR count). The molecule has 1 aromatic rings. The summed E-state index contributed by atoms with van der Waals surface area (Å²) in [7, 11) is 2.99. The largest absolute Gasteiger partial charge is 0.497 e. The molecule has 0 saturated carbocycles. The van der Waals surface area contributed by atoms with Crippen LogP contribution in [0, 0.1) is 5.92 Å². The number of likely N-dealkylation sites (tertiary alicyclic amines) is 1. The molecule has 0 unspecified atom stereocenters. The summed E-state index contributed by atoms with van der Waals surface area (Å²) >= 11 is 1.48. The molecule has 1 aromatic carbocycles. The van der Waals surface area contributed by atoms with Crippen molar-refractivity contribution in [2.45, 2.75) is 39.2 Å². The number of fused-ring (bicyclic) bond motifs is 1. The maximum absolute atomic E-state index is 13.1. The summed E-state index contributed by atoms with van der Waals surface area (Å²) in [4.78, 5) is 34.5. The number of rotatable bonds is 5. The fourth-order valence-corrected chi connectivity index (χ4v) is 5.36. The van der Waals surface area contributed by atoms with Crippen LogP contribution < -0.4 is 4.74 Å². The van der Waals surface area contributed by atoms with E-state index in [4.69, 9.17) is 9.47 Å². The summed E-state index contributed by atoms with van der Waals surface area (Å²) in [6.45, 7) is 5.65. The van der Waals surface area contributed by atoms with Gasteiger partial charge in [-0.05, 0) is 48.8 Å². The minimum atomic E-state index is -0.444. The molecule has 7 nitrogen and oxygen atoms in total. The van der Waals surface area contributed by atoms with Gasteiger partial charge in [0.1, 0.15) is 5.75 Å². The fraction of sp³-hybridized carbons (Fsp3) is 0.458. The van der Waals surface area contributed by atoms with E-state index in [9.17, 15) is 9.59 Å². The van der Waals surface area contributed by atoms with E-state index in [1.165, 1.54) is 18.9 Å². The van der Waals surface area contributed by atoms with Crippen LogP contribution in [0.2, 0.25) is 0 Å². The Bertz CT molecular complexity index is 1010. The molecule has 3 aliphatic heterocycles. The number of nitrogens with zero attached hydrogens (tertiary/aromatic N) is 3. The first-order valence-corrected chi connectivity index (χ1v) is 11.7. The standard InChI is InChI=1S/C24H29N3O4S/c1-15-8-10-26(11-9-15)20(28)13-18-14-32-24-25-16(2)21(23(29)31-4)22(27(18)24)17-6-5-7-19(12-17)30-3/h5-7,12,14-15,22H,8-11,13H2,1-4H3/t22-/m1/s1. The highest BCUT2D eigenvalue weighted by atomic mass is 32.2. The van der Waals surface area contributed by atoms with Crippen LogP contribution in [0.25, 0.3) is 0 Å². The first kappa shape index (κ1) is 22.5. The molecule has 1 saturated heterocycles. The molecule has 1 atom stereocenters. The summed E-state index contributed by atoms with van der Waals surface area (Å²) in [6, 6.07) is 7.20. The van der Waals surface area contributed by atoms with Gasteiger partial charge in [0.25, 0.3) is 0 Å². The Kier molecular flexibility index (Phi) is 6.60. The Balaban J connectivity index is 1.67. The summed E-state index contributed by atoms with van der Waals surface area (Å²) in [5.74, 6) is 1.05. The second kappa shape index (κ2) is 9.40. The van der Waals surface area contributed by atoms with E-state index in [0.29, 0.717) is 22.9 Å². The van der Waals surface area contributed by atoms with E-state index in [1.54, 1.807) is 7.11 Å². The van der Waals surface area contributed by atoms with Gasteiger partial charge in [0.15, 0.2) is 5.17 Å². The van der Waals surface area contributed by atoms with Gasteiger partial charge >= 0.3 is 5.97 Å². The smallest absolute Gasteiger partial charge is 0.338 e. The van der Waals surface area contributed by atoms with Gasteiger partial charge in [0.05, 0.1) is 38.0 Å². The number of aliphatic imine (C=N–C) groups is 1. The third-order valence-corrected chi connectivity index (χ3v) is 7.17. The van der Waals surface area contributed by atoms with Crippen molar-refractivity contribution < 1.29 is 19.1 Å². The predicted molar refractivity (Wildman–Crippen MR) is 125 cm³/mol. The van der Waals surface area contributed by atoms with Crippen LogP contribution in [0.5, 0.6) is 5.75 Å². The van der Waals surface area contributed by atoms with Crippen LogP contribution in [0.4, 0.5) is 0 Å². The van der Waals surface area contributed by atoms with E-state index in [2.05, 4.69) is 11.9 Å². The zero-order valence-corrected chi connectivity index (χ0v) is 19.8. The molecule has 0 aliphatic carbocycles. The van der Waals surface area contributed by atoms with Crippen molar-refractivity contribution in [1.82, 2.24) is 9.80 Å². The Labute approximate surface area is 193 Å². The lowest BCUT2D eigenvalue weighted by Gasteiger charge is -2.37. The first-order valence-electron chi connectivity index (χ1n) is 10.9. The van der Waals surface area contributed by atoms with E-state index in [-0.39, 0.29) is 12.3 Å². The van der Waals surface area contributed by atoms with Crippen molar-refractivity contribution in [1.29, 1.82) is 0 Å². The molecule has 0 bridgehead atoms. The Hall–Kier alpha value is -2.74. The molecular formula is C24H29N3O4S. The van der Waals surface area contributed by atoms with Gasteiger partial charge in [-0.25, -0.2) is 9.79 Å². The van der Waals surface area contributed by atoms with Crippen LogP contribution in [-0.4, -0.2) is 54.2 Å². The number of amides is 1. The van der Waals surface area contributed by atoms with Gasteiger partial charge in [0, 0.05) is 18.8 Å². The molecule has 3 heterocycles. The monoisotopic (exact) mass is 455 g/mol. The number of methoxy groups -OCH3 is 2. The number of carbonyl (C=O) groups excluding carboxylic acids is 2. The highest BCUT2D eigenvalue weighted by Crippen LogP contribution is 2.45. The van der Waals surface area contributed by atoms with Gasteiger partial charge in [-0.2, -0.15) is 0 Å². The second-order valence-corrected chi connectivity index (χ2v) is 9.24. The molecule has 0 radical (unpaired) electrons. The Morgan fingerprint density at radius 3 is 2.66 bits per heavy atom. The highest BCUT2D eigenvalue weighted by Gasteiger charge is 2.41. The number of ether oxygens (including phenoxy) is 2. The lowest BCUT2D eigenvalue weighted by molar-refractivity contribution is -0.136. The average Bonchev–Trinajstić information content (AvgIpc) is 3.19. The third-order valence-electron chi connectivity index (χ3n) is 6.28. The normalized spacial score (nSPS) is 21.2. The number of thioether (sulfide) groups is 1. The molecular weight excluding hydrogens is 426 g/mol. The van der Waals surface area contributed by atoms with Crippen molar-refractivity contribution in [3.63, 3.8) is 0 Å². The average molecular weight is 456 g/mol. The van der Waals surface area contributed by atoms with Crippen LogP contribution >= 0.6 is 11.8 Å². The molecule has 3 aliphatic rings. The SMILES string of the molecule is COC(=O)C1=C(C)N=C2SC=C(CC(=O)N3CCC(C)CC3)N2[C@@H]1c1cccc(OC)c1. The van der Waals surface area contributed by atoms with Gasteiger partial charge in [-0.1, -0.05) is 30.8 Å². The summed E-state index contributed by atoms with van der Waals surface area (Å²) in [6.07, 6.45) is 2.35. The van der Waals surface area contributed by atoms with E-state index >= 15 is 0 Å². The van der Waals surface area contributed by atoms with Crippen molar-refractivity contribution in [3.05, 3.63) is 52.2 Å². The number of carbonyl (C=O) groups is 2. The second-order valence-electron chi connectivity index (χ2n) is 8.40. The number of piperidine rings is 1. The van der Waals surface area contributed by atoms with Crippen molar-refractivity contribution in [2.75, 3.05) is 27.3 Å². The summed E-state index contributed by atoms with van der Waals surface area (Å²) < 4.78 is 10.5. The van der Waals surface area contributed by atoms with Crippen LogP contribution in [0.1, 0.15) is 44.7 Å². The van der Waals surface area contributed by atoms with Gasteiger partial charge in [0.2, 0.25) is 5.91 Å². The zero-order valence-electron chi connectivity index (χ0n) is 19.0. The summed E-state index contributed by atoms with van der Waals surface area (Å²) in [5, 5.41) is 2.74. The van der Waals surface area contributed by atoms with Crippen LogP contribution in [-0.2, 0) is 14.3 Å². The zero-order chi connectivity index (χ0) is 22.8. The van der Waals surface area contributed by atoms with Crippen molar-refractivity contribution in [2.24, 2.45) is 10.9 Å². The lowest BCUT2D eigenvalue weighted by Crippen LogP contribution is -2.41. The summed E-state index contributed by atoms with van der Waals surface area (Å²) in [5.41, 5.74) is 2.81. The number of allylic oxidation sites excluding steroid dienone is 1. The van der Waals surface area contributed by atoms with E-state index in [1.807, 2.05) is 46.4 Å². The molecule has 1 amide bonds. The van der Waals surface area contributed by atoms with Gasteiger partial charge in [-0.15, -0.1) is 0 Å². The minimum Gasteiger partial charge on any atom is -0.497 e. The molecule has 0 aromatic heterocycles. The lowest BCUT2D eigenvalue weighted by atomic mass is 9.93. The molecule has 170 valence electrons. The van der Waals surface area contributed by atoms with E-state index < -0.39 is 12.0 Å². The minimum absolute atomic E-state index is 0.111. The maximum atomic E-state index is 13.1. The number of amidine groups is 1. The Morgan fingerprint density at radius 2 is 1.97 bits per heavy atom.